The van der Waals surface area contributed by atoms with E-state index in [1.807, 2.05) is 12.3 Å². The van der Waals surface area contributed by atoms with Crippen LogP contribution in [0.25, 0.3) is 0 Å². The van der Waals surface area contributed by atoms with Crippen LogP contribution in [0.15, 0.2) is 23.7 Å². The number of nitrogens with zero attached hydrogens (tertiary/aromatic N) is 1. The molecular formula is C12H12F3N3OS. The standard InChI is InChI=1S/C12H12F3N3OS/c1-6(11-17-2-3-20-11)18-9-5-10(19-12(14)15)7(13)4-8(9)16/h2-6,12,18H,16H2,1H3. The molecule has 0 amide bonds. The number of anilines is 2. The van der Waals surface area contributed by atoms with Crippen LogP contribution < -0.4 is 15.8 Å². The SMILES string of the molecule is CC(Nc1cc(OC(F)F)c(F)cc1N)c1nccs1. The third-order valence-corrected chi connectivity index (χ3v) is 3.47. The first-order chi connectivity index (χ1) is 9.47. The van der Waals surface area contributed by atoms with Crippen LogP contribution in [0.4, 0.5) is 24.5 Å². The molecule has 1 aromatic heterocycles. The second kappa shape index (κ2) is 6.00. The molecule has 2 rings (SSSR count). The van der Waals surface area contributed by atoms with Crippen molar-refractivity contribution in [3.63, 3.8) is 0 Å². The van der Waals surface area contributed by atoms with Crippen molar-refractivity contribution in [1.82, 2.24) is 4.98 Å². The van der Waals surface area contributed by atoms with Crippen LogP contribution in [0.1, 0.15) is 18.0 Å². The summed E-state index contributed by atoms with van der Waals surface area (Å²) in [5.41, 5.74) is 6.07. The monoisotopic (exact) mass is 303 g/mol. The summed E-state index contributed by atoms with van der Waals surface area (Å²) in [4.78, 5) is 4.12. The number of nitrogens with two attached hydrogens (primary N) is 1. The van der Waals surface area contributed by atoms with E-state index in [-0.39, 0.29) is 11.7 Å². The van der Waals surface area contributed by atoms with E-state index in [2.05, 4.69) is 15.0 Å². The lowest BCUT2D eigenvalue weighted by atomic mass is 10.2. The van der Waals surface area contributed by atoms with Gasteiger partial charge in [-0.3, -0.25) is 0 Å². The van der Waals surface area contributed by atoms with Crippen LogP contribution in [0.5, 0.6) is 5.75 Å². The molecule has 108 valence electrons. The molecule has 8 heteroatoms. The first-order valence-corrected chi connectivity index (χ1v) is 6.55. The Morgan fingerprint density at radius 1 is 1.40 bits per heavy atom. The fraction of sp³-hybridized carbons (Fsp3) is 0.250. The van der Waals surface area contributed by atoms with E-state index in [1.54, 1.807) is 6.20 Å². The molecule has 0 aliphatic carbocycles. The Morgan fingerprint density at radius 3 is 2.75 bits per heavy atom. The summed E-state index contributed by atoms with van der Waals surface area (Å²) in [6, 6.07) is 1.86. The number of halogens is 3. The molecule has 0 spiro atoms. The fourth-order valence-corrected chi connectivity index (χ4v) is 2.27. The van der Waals surface area contributed by atoms with Gasteiger partial charge in [0.2, 0.25) is 0 Å². The van der Waals surface area contributed by atoms with Gasteiger partial charge in [-0.15, -0.1) is 11.3 Å². The second-order valence-corrected chi connectivity index (χ2v) is 4.91. The van der Waals surface area contributed by atoms with Gasteiger partial charge in [0.25, 0.3) is 0 Å². The predicted molar refractivity (Wildman–Crippen MR) is 71.6 cm³/mol. The molecule has 20 heavy (non-hydrogen) atoms. The molecule has 0 radical (unpaired) electrons. The van der Waals surface area contributed by atoms with Crippen LogP contribution >= 0.6 is 11.3 Å². The molecule has 0 saturated carbocycles. The van der Waals surface area contributed by atoms with Gasteiger partial charge in [0.1, 0.15) is 5.01 Å². The van der Waals surface area contributed by atoms with E-state index >= 15 is 0 Å². The minimum absolute atomic E-state index is 0.104. The van der Waals surface area contributed by atoms with Crippen LogP contribution in [0, 0.1) is 5.82 Å². The molecule has 1 atom stereocenters. The number of rotatable bonds is 5. The summed E-state index contributed by atoms with van der Waals surface area (Å²) in [6.45, 7) is -1.27. The van der Waals surface area contributed by atoms with Gasteiger partial charge in [-0.05, 0) is 6.92 Å². The van der Waals surface area contributed by atoms with Crippen LogP contribution in [-0.2, 0) is 0 Å². The molecule has 1 aromatic carbocycles. The number of ether oxygens (including phenoxy) is 1. The molecule has 0 bridgehead atoms. The average Bonchev–Trinajstić information content (AvgIpc) is 2.88. The lowest BCUT2D eigenvalue weighted by molar-refractivity contribution is -0.0521. The summed E-state index contributed by atoms with van der Waals surface area (Å²) >= 11 is 1.43. The maximum Gasteiger partial charge on any atom is 0.387 e. The zero-order chi connectivity index (χ0) is 14.7. The van der Waals surface area contributed by atoms with Crippen molar-refractivity contribution in [2.24, 2.45) is 0 Å². The Hall–Kier alpha value is -1.96. The van der Waals surface area contributed by atoms with Crippen molar-refractivity contribution >= 4 is 22.7 Å². The predicted octanol–water partition coefficient (Wildman–Crippen LogP) is 3.64. The number of nitrogens with one attached hydrogen (secondary N) is 1. The number of hydrogen-bond donors (Lipinski definition) is 2. The van der Waals surface area contributed by atoms with Crippen molar-refractivity contribution < 1.29 is 17.9 Å². The highest BCUT2D eigenvalue weighted by Crippen LogP contribution is 2.32. The van der Waals surface area contributed by atoms with E-state index in [9.17, 15) is 13.2 Å². The van der Waals surface area contributed by atoms with Crippen LogP contribution in [0.3, 0.4) is 0 Å². The Kier molecular flexibility index (Phi) is 4.33. The van der Waals surface area contributed by atoms with Gasteiger partial charge in [-0.1, -0.05) is 0 Å². The fourth-order valence-electron chi connectivity index (χ4n) is 1.62. The van der Waals surface area contributed by atoms with E-state index in [0.29, 0.717) is 5.69 Å². The van der Waals surface area contributed by atoms with E-state index < -0.39 is 18.2 Å². The molecule has 4 nitrogen and oxygen atoms in total. The highest BCUT2D eigenvalue weighted by molar-refractivity contribution is 7.09. The number of aromatic nitrogens is 1. The van der Waals surface area contributed by atoms with E-state index in [4.69, 9.17) is 5.73 Å². The third kappa shape index (κ3) is 3.32. The maximum absolute atomic E-state index is 13.4. The molecule has 0 aliphatic heterocycles. The van der Waals surface area contributed by atoms with Crippen molar-refractivity contribution in [3.05, 3.63) is 34.5 Å². The smallest absolute Gasteiger partial charge is 0.387 e. The first-order valence-electron chi connectivity index (χ1n) is 5.67. The number of benzene rings is 1. The van der Waals surface area contributed by atoms with Gasteiger partial charge in [-0.25, -0.2) is 9.37 Å². The molecule has 1 heterocycles. The lowest BCUT2D eigenvalue weighted by Gasteiger charge is -2.16. The molecule has 0 saturated heterocycles. The van der Waals surface area contributed by atoms with Gasteiger partial charge < -0.3 is 15.8 Å². The number of hydrogen-bond acceptors (Lipinski definition) is 5. The first kappa shape index (κ1) is 14.4. The molecule has 2 aromatic rings. The molecule has 1 unspecified atom stereocenters. The summed E-state index contributed by atoms with van der Waals surface area (Å²) in [6.07, 6.45) is 1.65. The van der Waals surface area contributed by atoms with Gasteiger partial charge in [0.15, 0.2) is 11.6 Å². The second-order valence-electron chi connectivity index (χ2n) is 3.98. The zero-order valence-electron chi connectivity index (χ0n) is 10.4. The zero-order valence-corrected chi connectivity index (χ0v) is 11.3. The maximum atomic E-state index is 13.4. The molecule has 0 aliphatic rings. The Morgan fingerprint density at radius 2 is 2.15 bits per heavy atom. The largest absolute Gasteiger partial charge is 0.432 e. The van der Waals surface area contributed by atoms with Gasteiger partial charge in [0.05, 0.1) is 17.4 Å². The minimum atomic E-state index is -3.10. The average molecular weight is 303 g/mol. The molecule has 3 N–H and O–H groups in total. The Balaban J connectivity index is 2.22. The summed E-state index contributed by atoms with van der Waals surface area (Å²) in [5, 5.41) is 5.59. The third-order valence-electron chi connectivity index (χ3n) is 2.51. The van der Waals surface area contributed by atoms with Crippen molar-refractivity contribution in [2.75, 3.05) is 11.1 Å². The Labute approximate surface area is 117 Å². The number of alkyl halides is 2. The van der Waals surface area contributed by atoms with Crippen molar-refractivity contribution in [1.29, 1.82) is 0 Å². The normalized spacial score (nSPS) is 12.4. The summed E-state index contributed by atoms with van der Waals surface area (Å²) in [5.74, 6) is -1.49. The van der Waals surface area contributed by atoms with E-state index in [0.717, 1.165) is 17.1 Å². The van der Waals surface area contributed by atoms with Gasteiger partial charge in [-0.2, -0.15) is 8.78 Å². The highest BCUT2D eigenvalue weighted by Gasteiger charge is 2.15. The summed E-state index contributed by atoms with van der Waals surface area (Å²) in [7, 11) is 0. The summed E-state index contributed by atoms with van der Waals surface area (Å²) < 4.78 is 41.9. The number of thiazole rings is 1. The molecular weight excluding hydrogens is 291 g/mol. The van der Waals surface area contributed by atoms with Crippen LogP contribution in [-0.4, -0.2) is 11.6 Å². The van der Waals surface area contributed by atoms with Crippen LogP contribution in [0.2, 0.25) is 0 Å². The number of nitrogen functional groups attached to an aromatic ring is 1. The van der Waals surface area contributed by atoms with Crippen molar-refractivity contribution in [3.8, 4) is 5.75 Å². The molecule has 0 fully saturated rings. The van der Waals surface area contributed by atoms with Gasteiger partial charge >= 0.3 is 6.61 Å². The lowest BCUT2D eigenvalue weighted by Crippen LogP contribution is -2.10. The van der Waals surface area contributed by atoms with Gasteiger partial charge in [0, 0.05) is 23.7 Å². The minimum Gasteiger partial charge on any atom is -0.432 e. The highest BCUT2D eigenvalue weighted by atomic mass is 32.1. The van der Waals surface area contributed by atoms with Crippen molar-refractivity contribution in [2.45, 2.75) is 19.6 Å². The Bertz CT molecular complexity index is 578. The quantitative estimate of drug-likeness (QED) is 0.828. The van der Waals surface area contributed by atoms with E-state index in [1.165, 1.54) is 11.3 Å². The topological polar surface area (TPSA) is 60.2 Å².